The SMILES string of the molecule is CC(C)CCNC(N)=NCc1ccnc(-n2ccnc2)c1.I. The Labute approximate surface area is 148 Å². The number of rotatable bonds is 6. The summed E-state index contributed by atoms with van der Waals surface area (Å²) in [5.41, 5.74) is 6.91. The lowest BCUT2D eigenvalue weighted by atomic mass is 10.1. The van der Waals surface area contributed by atoms with E-state index in [2.05, 4.69) is 34.1 Å². The molecule has 0 atom stereocenters. The van der Waals surface area contributed by atoms with Crippen LogP contribution in [0.3, 0.4) is 0 Å². The van der Waals surface area contributed by atoms with E-state index in [0.717, 1.165) is 24.3 Å². The third kappa shape index (κ3) is 6.00. The van der Waals surface area contributed by atoms with Gasteiger partial charge in [-0.25, -0.2) is 15.0 Å². The summed E-state index contributed by atoms with van der Waals surface area (Å²) in [5.74, 6) is 1.96. The van der Waals surface area contributed by atoms with Gasteiger partial charge in [0, 0.05) is 25.1 Å². The first kappa shape index (κ1) is 18.4. The molecule has 0 aliphatic heterocycles. The minimum absolute atomic E-state index is 0. The van der Waals surface area contributed by atoms with Crippen LogP contribution in [0.25, 0.3) is 5.82 Å². The maximum absolute atomic E-state index is 5.85. The van der Waals surface area contributed by atoms with Crippen molar-refractivity contribution in [3.63, 3.8) is 0 Å². The van der Waals surface area contributed by atoms with Gasteiger partial charge in [0.25, 0.3) is 0 Å². The van der Waals surface area contributed by atoms with Gasteiger partial charge >= 0.3 is 0 Å². The van der Waals surface area contributed by atoms with Gasteiger partial charge in [-0.2, -0.15) is 0 Å². The smallest absolute Gasteiger partial charge is 0.188 e. The van der Waals surface area contributed by atoms with E-state index < -0.39 is 0 Å². The molecule has 0 aliphatic carbocycles. The van der Waals surface area contributed by atoms with Gasteiger partial charge in [-0.05, 0) is 30.0 Å². The van der Waals surface area contributed by atoms with E-state index in [4.69, 9.17) is 5.73 Å². The number of aromatic nitrogens is 3. The quantitative estimate of drug-likeness (QED) is 0.432. The van der Waals surface area contributed by atoms with E-state index in [1.54, 1.807) is 18.7 Å². The van der Waals surface area contributed by atoms with Crippen molar-refractivity contribution in [1.29, 1.82) is 0 Å². The Morgan fingerprint density at radius 3 is 2.91 bits per heavy atom. The molecule has 0 saturated heterocycles. The number of nitrogens with zero attached hydrogens (tertiary/aromatic N) is 4. The largest absolute Gasteiger partial charge is 0.370 e. The minimum atomic E-state index is 0. The van der Waals surface area contributed by atoms with Crippen LogP contribution in [0.2, 0.25) is 0 Å². The van der Waals surface area contributed by atoms with Crippen molar-refractivity contribution in [2.75, 3.05) is 6.54 Å². The molecule has 2 heterocycles. The summed E-state index contributed by atoms with van der Waals surface area (Å²) >= 11 is 0. The third-order valence-corrected chi connectivity index (χ3v) is 3.04. The van der Waals surface area contributed by atoms with Crippen LogP contribution in [0.4, 0.5) is 0 Å². The van der Waals surface area contributed by atoms with Crippen LogP contribution in [0.1, 0.15) is 25.8 Å². The molecule has 7 heteroatoms. The number of aliphatic imine (C=N–C) groups is 1. The van der Waals surface area contributed by atoms with Crippen LogP contribution in [-0.2, 0) is 6.54 Å². The molecule has 6 nitrogen and oxygen atoms in total. The first-order valence-electron chi connectivity index (χ1n) is 7.12. The molecule has 0 aromatic carbocycles. The molecule has 0 amide bonds. The second kappa shape index (κ2) is 9.39. The number of guanidine groups is 1. The van der Waals surface area contributed by atoms with Gasteiger partial charge in [-0.15, -0.1) is 24.0 Å². The summed E-state index contributed by atoms with van der Waals surface area (Å²) in [6.45, 7) is 5.75. The molecule has 0 fully saturated rings. The predicted molar refractivity (Wildman–Crippen MR) is 99.6 cm³/mol. The van der Waals surface area contributed by atoms with Gasteiger partial charge in [0.05, 0.1) is 6.54 Å². The Kier molecular flexibility index (Phi) is 7.86. The van der Waals surface area contributed by atoms with Crippen LogP contribution in [0.5, 0.6) is 0 Å². The zero-order valence-corrected chi connectivity index (χ0v) is 15.3. The topological polar surface area (TPSA) is 81.1 Å². The molecule has 0 aliphatic rings. The van der Waals surface area contributed by atoms with Gasteiger partial charge in [0.1, 0.15) is 12.1 Å². The number of nitrogens with one attached hydrogen (secondary N) is 1. The normalized spacial score (nSPS) is 11.3. The summed E-state index contributed by atoms with van der Waals surface area (Å²) in [6.07, 6.45) is 8.15. The lowest BCUT2D eigenvalue weighted by molar-refractivity contribution is 0.576. The van der Waals surface area contributed by atoms with Gasteiger partial charge in [0.2, 0.25) is 0 Å². The average Bonchev–Trinajstić information content (AvgIpc) is 2.99. The molecule has 2 aromatic rings. The minimum Gasteiger partial charge on any atom is -0.370 e. The molecule has 0 bridgehead atoms. The number of pyridine rings is 1. The first-order valence-corrected chi connectivity index (χ1v) is 7.12. The maximum atomic E-state index is 5.85. The third-order valence-electron chi connectivity index (χ3n) is 3.04. The van der Waals surface area contributed by atoms with Gasteiger partial charge in [-0.1, -0.05) is 13.8 Å². The fourth-order valence-corrected chi connectivity index (χ4v) is 1.82. The van der Waals surface area contributed by atoms with Crippen LogP contribution in [-0.4, -0.2) is 27.0 Å². The molecule has 0 spiro atoms. The molecular weight excluding hydrogens is 391 g/mol. The van der Waals surface area contributed by atoms with Crippen LogP contribution >= 0.6 is 24.0 Å². The molecule has 120 valence electrons. The highest BCUT2D eigenvalue weighted by Crippen LogP contribution is 2.07. The molecule has 0 saturated carbocycles. The molecule has 0 unspecified atom stereocenters. The average molecular weight is 414 g/mol. The van der Waals surface area contributed by atoms with Crippen molar-refractivity contribution in [2.24, 2.45) is 16.6 Å². The summed E-state index contributed by atoms with van der Waals surface area (Å²) in [6, 6.07) is 3.91. The van der Waals surface area contributed by atoms with Crippen molar-refractivity contribution in [3.05, 3.63) is 42.6 Å². The summed E-state index contributed by atoms with van der Waals surface area (Å²) in [4.78, 5) is 12.7. The van der Waals surface area contributed by atoms with E-state index in [9.17, 15) is 0 Å². The Balaban J connectivity index is 0.00000242. The second-order valence-corrected chi connectivity index (χ2v) is 5.30. The fourth-order valence-electron chi connectivity index (χ4n) is 1.82. The van der Waals surface area contributed by atoms with Gasteiger partial charge in [0.15, 0.2) is 5.96 Å². The van der Waals surface area contributed by atoms with E-state index >= 15 is 0 Å². The summed E-state index contributed by atoms with van der Waals surface area (Å²) < 4.78 is 1.86. The van der Waals surface area contributed by atoms with E-state index in [-0.39, 0.29) is 24.0 Å². The number of hydrogen-bond acceptors (Lipinski definition) is 3. The Morgan fingerprint density at radius 2 is 2.23 bits per heavy atom. The Bertz CT molecular complexity index is 579. The standard InChI is InChI=1S/C15H22N6.HI/c1-12(2)3-5-19-15(16)20-10-13-4-6-18-14(9-13)21-8-7-17-11-21;/h4,6-9,11-12H,3,5,10H2,1-2H3,(H3,16,19,20);1H. The zero-order chi connectivity index (χ0) is 15.1. The Morgan fingerprint density at radius 1 is 1.41 bits per heavy atom. The highest BCUT2D eigenvalue weighted by molar-refractivity contribution is 14.0. The number of nitrogens with two attached hydrogens (primary N) is 1. The zero-order valence-electron chi connectivity index (χ0n) is 12.9. The second-order valence-electron chi connectivity index (χ2n) is 5.30. The molecule has 22 heavy (non-hydrogen) atoms. The number of hydrogen-bond donors (Lipinski definition) is 2. The first-order chi connectivity index (χ1) is 10.1. The lowest BCUT2D eigenvalue weighted by Crippen LogP contribution is -2.32. The monoisotopic (exact) mass is 414 g/mol. The number of halogens is 1. The van der Waals surface area contributed by atoms with Crippen LogP contribution in [0.15, 0.2) is 42.0 Å². The highest BCUT2D eigenvalue weighted by atomic mass is 127. The van der Waals surface area contributed by atoms with Gasteiger partial charge < -0.3 is 11.1 Å². The highest BCUT2D eigenvalue weighted by Gasteiger charge is 2.00. The van der Waals surface area contributed by atoms with Crippen molar-refractivity contribution in [2.45, 2.75) is 26.8 Å². The summed E-state index contributed by atoms with van der Waals surface area (Å²) in [5, 5.41) is 3.12. The van der Waals surface area contributed by atoms with Gasteiger partial charge in [-0.3, -0.25) is 4.57 Å². The van der Waals surface area contributed by atoms with E-state index in [0.29, 0.717) is 18.4 Å². The fraction of sp³-hybridized carbons (Fsp3) is 0.400. The molecular formula is C15H23IN6. The van der Waals surface area contributed by atoms with E-state index in [1.807, 2.05) is 22.9 Å². The molecule has 3 N–H and O–H groups in total. The van der Waals surface area contributed by atoms with Crippen molar-refractivity contribution < 1.29 is 0 Å². The molecule has 2 aromatic heterocycles. The van der Waals surface area contributed by atoms with Crippen LogP contribution in [0, 0.1) is 5.92 Å². The van der Waals surface area contributed by atoms with E-state index in [1.165, 1.54) is 0 Å². The number of imidazole rings is 1. The lowest BCUT2D eigenvalue weighted by Gasteiger charge is -2.08. The molecule has 2 rings (SSSR count). The summed E-state index contributed by atoms with van der Waals surface area (Å²) in [7, 11) is 0. The molecule has 0 radical (unpaired) electrons. The van der Waals surface area contributed by atoms with Crippen molar-refractivity contribution >= 4 is 29.9 Å². The van der Waals surface area contributed by atoms with Crippen LogP contribution < -0.4 is 11.1 Å². The van der Waals surface area contributed by atoms with Crippen molar-refractivity contribution in [1.82, 2.24) is 19.9 Å². The predicted octanol–water partition coefficient (Wildman–Crippen LogP) is 2.34. The Hall–Kier alpha value is -1.64. The maximum Gasteiger partial charge on any atom is 0.188 e. The van der Waals surface area contributed by atoms with Crippen molar-refractivity contribution in [3.8, 4) is 5.82 Å².